The summed E-state index contributed by atoms with van der Waals surface area (Å²) in [5.41, 5.74) is 8.79. The van der Waals surface area contributed by atoms with Crippen LogP contribution in [0.1, 0.15) is 44.6 Å². The summed E-state index contributed by atoms with van der Waals surface area (Å²) >= 11 is 0. The van der Waals surface area contributed by atoms with E-state index in [1.54, 1.807) is 0 Å². The molecule has 1 aromatic carbocycles. The number of hydrogen-bond acceptors (Lipinski definition) is 2. The van der Waals surface area contributed by atoms with Crippen molar-refractivity contribution in [3.05, 3.63) is 29.8 Å². The first-order valence-corrected chi connectivity index (χ1v) is 7.76. The van der Waals surface area contributed by atoms with E-state index < -0.39 is 0 Å². The van der Waals surface area contributed by atoms with Gasteiger partial charge in [-0.25, -0.2) is 0 Å². The SMILES string of the molecule is CC(C)C1CC(N2CC(CCN)c3ccccc32)C1. The predicted octanol–water partition coefficient (Wildman–Crippen LogP) is 3.37. The van der Waals surface area contributed by atoms with Gasteiger partial charge in [-0.1, -0.05) is 32.0 Å². The fourth-order valence-corrected chi connectivity index (χ4v) is 3.75. The smallest absolute Gasteiger partial charge is 0.0405 e. The normalized spacial score (nSPS) is 29.5. The Hall–Kier alpha value is -1.02. The van der Waals surface area contributed by atoms with Crippen LogP contribution in [0.2, 0.25) is 0 Å². The summed E-state index contributed by atoms with van der Waals surface area (Å²) in [7, 11) is 0. The van der Waals surface area contributed by atoms with Crippen LogP contribution in [0.15, 0.2) is 24.3 Å². The van der Waals surface area contributed by atoms with Gasteiger partial charge >= 0.3 is 0 Å². The highest BCUT2D eigenvalue weighted by atomic mass is 15.2. The van der Waals surface area contributed by atoms with Gasteiger partial charge in [0.25, 0.3) is 0 Å². The van der Waals surface area contributed by atoms with Crippen LogP contribution in [-0.4, -0.2) is 19.1 Å². The Labute approximate surface area is 117 Å². The third-order valence-corrected chi connectivity index (χ3v) is 5.15. The number of rotatable bonds is 4. The van der Waals surface area contributed by atoms with Crippen LogP contribution in [0, 0.1) is 11.8 Å². The van der Waals surface area contributed by atoms with E-state index in [1.165, 1.54) is 30.6 Å². The van der Waals surface area contributed by atoms with E-state index in [4.69, 9.17) is 5.73 Å². The van der Waals surface area contributed by atoms with Gasteiger partial charge in [0.1, 0.15) is 0 Å². The number of nitrogens with zero attached hydrogens (tertiary/aromatic N) is 1. The highest BCUT2D eigenvalue weighted by Crippen LogP contribution is 2.45. The molecule has 0 aromatic heterocycles. The minimum Gasteiger partial charge on any atom is -0.368 e. The van der Waals surface area contributed by atoms with Crippen molar-refractivity contribution < 1.29 is 0 Å². The van der Waals surface area contributed by atoms with Gasteiger partial charge in [0.05, 0.1) is 0 Å². The topological polar surface area (TPSA) is 29.3 Å². The van der Waals surface area contributed by atoms with Gasteiger partial charge in [-0.3, -0.25) is 0 Å². The molecule has 2 N–H and O–H groups in total. The van der Waals surface area contributed by atoms with E-state index in [0.717, 1.165) is 30.8 Å². The molecule has 0 amide bonds. The average Bonchev–Trinajstić information content (AvgIpc) is 2.67. The third kappa shape index (κ3) is 2.27. The molecule has 0 bridgehead atoms. The third-order valence-electron chi connectivity index (χ3n) is 5.15. The van der Waals surface area contributed by atoms with Gasteiger partial charge in [0, 0.05) is 24.2 Å². The highest BCUT2D eigenvalue weighted by Gasteiger charge is 2.39. The van der Waals surface area contributed by atoms with Crippen LogP contribution in [0.5, 0.6) is 0 Å². The maximum absolute atomic E-state index is 5.78. The maximum atomic E-state index is 5.78. The molecular formula is C17H26N2. The second kappa shape index (κ2) is 5.16. The molecule has 2 aliphatic rings. The molecule has 1 unspecified atom stereocenters. The fourth-order valence-electron chi connectivity index (χ4n) is 3.75. The van der Waals surface area contributed by atoms with Crippen molar-refractivity contribution in [2.45, 2.75) is 45.1 Å². The Morgan fingerprint density at radius 3 is 2.68 bits per heavy atom. The second-order valence-corrected chi connectivity index (χ2v) is 6.61. The summed E-state index contributed by atoms with van der Waals surface area (Å²) in [6, 6.07) is 9.72. The minimum atomic E-state index is 0.652. The Kier molecular flexibility index (Phi) is 3.53. The molecule has 1 aromatic rings. The fraction of sp³-hybridized carbons (Fsp3) is 0.647. The van der Waals surface area contributed by atoms with Crippen LogP contribution >= 0.6 is 0 Å². The molecule has 0 saturated heterocycles. The van der Waals surface area contributed by atoms with Crippen LogP contribution in [-0.2, 0) is 0 Å². The minimum absolute atomic E-state index is 0.652. The van der Waals surface area contributed by atoms with Crippen molar-refractivity contribution in [1.29, 1.82) is 0 Å². The van der Waals surface area contributed by atoms with Gasteiger partial charge in [0.2, 0.25) is 0 Å². The molecule has 104 valence electrons. The first kappa shape index (κ1) is 13.0. The van der Waals surface area contributed by atoms with Crippen LogP contribution in [0.3, 0.4) is 0 Å². The van der Waals surface area contributed by atoms with Crippen LogP contribution in [0.25, 0.3) is 0 Å². The Bertz CT molecular complexity index is 435. The predicted molar refractivity (Wildman–Crippen MR) is 81.6 cm³/mol. The second-order valence-electron chi connectivity index (χ2n) is 6.61. The molecule has 2 nitrogen and oxygen atoms in total. The lowest BCUT2D eigenvalue weighted by molar-refractivity contribution is 0.190. The summed E-state index contributed by atoms with van der Waals surface area (Å²) in [5.74, 6) is 2.43. The number of nitrogens with two attached hydrogens (primary N) is 1. The van der Waals surface area contributed by atoms with E-state index in [1.807, 2.05) is 0 Å². The van der Waals surface area contributed by atoms with Gasteiger partial charge < -0.3 is 10.6 Å². The summed E-state index contributed by atoms with van der Waals surface area (Å²) < 4.78 is 0. The lowest BCUT2D eigenvalue weighted by Gasteiger charge is -2.44. The molecular weight excluding hydrogens is 232 g/mol. The summed E-state index contributed by atoms with van der Waals surface area (Å²) in [4.78, 5) is 2.66. The standard InChI is InChI=1S/C17H26N2/c1-12(2)14-9-15(10-14)19-11-13(7-8-18)16-5-3-4-6-17(16)19/h3-6,12-15H,7-11,18H2,1-2H3. The number of benzene rings is 1. The highest BCUT2D eigenvalue weighted by molar-refractivity contribution is 5.61. The van der Waals surface area contributed by atoms with Crippen LogP contribution in [0.4, 0.5) is 5.69 Å². The summed E-state index contributed by atoms with van der Waals surface area (Å²) in [5, 5.41) is 0. The van der Waals surface area contributed by atoms with Gasteiger partial charge in [-0.2, -0.15) is 0 Å². The number of hydrogen-bond donors (Lipinski definition) is 1. The van der Waals surface area contributed by atoms with Crippen molar-refractivity contribution in [3.8, 4) is 0 Å². The molecule has 0 spiro atoms. The Balaban J connectivity index is 1.74. The van der Waals surface area contributed by atoms with E-state index in [0.29, 0.717) is 5.92 Å². The molecule has 1 atom stereocenters. The lowest BCUT2D eigenvalue weighted by atomic mass is 9.73. The van der Waals surface area contributed by atoms with Gasteiger partial charge in [-0.15, -0.1) is 0 Å². The van der Waals surface area contributed by atoms with E-state index in [-0.39, 0.29) is 0 Å². The molecule has 1 heterocycles. The van der Waals surface area contributed by atoms with E-state index in [9.17, 15) is 0 Å². The molecule has 1 aliphatic carbocycles. The van der Waals surface area contributed by atoms with Crippen molar-refractivity contribution >= 4 is 5.69 Å². The molecule has 1 fully saturated rings. The van der Waals surface area contributed by atoms with Crippen molar-refractivity contribution in [2.75, 3.05) is 18.0 Å². The number of fused-ring (bicyclic) bond motifs is 1. The molecule has 0 radical (unpaired) electrons. The zero-order valence-electron chi connectivity index (χ0n) is 12.2. The first-order valence-electron chi connectivity index (χ1n) is 7.76. The number of anilines is 1. The van der Waals surface area contributed by atoms with Crippen molar-refractivity contribution in [1.82, 2.24) is 0 Å². The molecule has 1 saturated carbocycles. The first-order chi connectivity index (χ1) is 9.20. The van der Waals surface area contributed by atoms with Crippen molar-refractivity contribution in [3.63, 3.8) is 0 Å². The molecule has 1 aliphatic heterocycles. The average molecular weight is 258 g/mol. The van der Waals surface area contributed by atoms with E-state index in [2.05, 4.69) is 43.0 Å². The largest absolute Gasteiger partial charge is 0.368 e. The zero-order valence-corrected chi connectivity index (χ0v) is 12.2. The molecule has 19 heavy (non-hydrogen) atoms. The Morgan fingerprint density at radius 2 is 2.00 bits per heavy atom. The monoisotopic (exact) mass is 258 g/mol. The lowest BCUT2D eigenvalue weighted by Crippen LogP contribution is -2.45. The van der Waals surface area contributed by atoms with Gasteiger partial charge in [-0.05, 0) is 49.3 Å². The Morgan fingerprint density at radius 1 is 1.26 bits per heavy atom. The van der Waals surface area contributed by atoms with E-state index >= 15 is 0 Å². The zero-order chi connectivity index (χ0) is 13.4. The summed E-state index contributed by atoms with van der Waals surface area (Å²) in [6.45, 7) is 6.70. The molecule has 2 heteroatoms. The van der Waals surface area contributed by atoms with Gasteiger partial charge in [0.15, 0.2) is 0 Å². The molecule has 3 rings (SSSR count). The summed E-state index contributed by atoms with van der Waals surface area (Å²) in [6.07, 6.45) is 3.87. The van der Waals surface area contributed by atoms with Crippen LogP contribution < -0.4 is 10.6 Å². The quantitative estimate of drug-likeness (QED) is 0.897. The van der Waals surface area contributed by atoms with Crippen molar-refractivity contribution in [2.24, 2.45) is 17.6 Å². The maximum Gasteiger partial charge on any atom is 0.0405 e. The number of para-hydroxylation sites is 1.